The quantitative estimate of drug-likeness (QED) is 0.720. The maximum atomic E-state index is 12.4. The van der Waals surface area contributed by atoms with Crippen LogP contribution in [-0.4, -0.2) is 14.2 Å². The van der Waals surface area contributed by atoms with Crippen molar-refractivity contribution in [1.29, 1.82) is 0 Å². The Balaban J connectivity index is 2.09. The summed E-state index contributed by atoms with van der Waals surface area (Å²) in [5, 5.41) is 4.24. The van der Waals surface area contributed by atoms with Crippen molar-refractivity contribution in [2.24, 2.45) is 0 Å². The highest BCUT2D eigenvalue weighted by atomic mass is 16.1. The number of hydrogen-bond acceptors (Lipinski definition) is 3. The molecule has 20 heavy (non-hydrogen) atoms. The van der Waals surface area contributed by atoms with Gasteiger partial charge in [0.2, 0.25) is 0 Å². The summed E-state index contributed by atoms with van der Waals surface area (Å²) in [5.74, 6) is 0. The van der Waals surface area contributed by atoms with Gasteiger partial charge in [0.1, 0.15) is 5.52 Å². The molecule has 2 aromatic heterocycles. The van der Waals surface area contributed by atoms with Gasteiger partial charge in [0, 0.05) is 18.1 Å². The summed E-state index contributed by atoms with van der Waals surface area (Å²) >= 11 is 0. The minimum atomic E-state index is -0.0464. The molecule has 0 unspecified atom stereocenters. The Kier molecular flexibility index (Phi) is 2.82. The molecule has 0 aliphatic carbocycles. The van der Waals surface area contributed by atoms with E-state index >= 15 is 0 Å². The Bertz CT molecular complexity index is 845. The molecular formula is C15H16N4O. The summed E-state index contributed by atoms with van der Waals surface area (Å²) in [6, 6.07) is 7.56. The van der Waals surface area contributed by atoms with E-state index < -0.39 is 0 Å². The minimum absolute atomic E-state index is 0.0464. The molecule has 0 saturated heterocycles. The summed E-state index contributed by atoms with van der Waals surface area (Å²) in [4.78, 5) is 12.4. The Hall–Kier alpha value is -2.56. The second-order valence-corrected chi connectivity index (χ2v) is 4.98. The number of nitrogen functional groups attached to an aromatic ring is 1. The Labute approximate surface area is 116 Å². The molecule has 3 aromatic rings. The van der Waals surface area contributed by atoms with Crippen molar-refractivity contribution in [2.45, 2.75) is 20.4 Å². The highest BCUT2D eigenvalue weighted by molar-refractivity contribution is 5.50. The maximum absolute atomic E-state index is 12.4. The highest BCUT2D eigenvalue weighted by Gasteiger charge is 2.07. The summed E-state index contributed by atoms with van der Waals surface area (Å²) in [6.45, 7) is 4.35. The third-order valence-corrected chi connectivity index (χ3v) is 3.55. The van der Waals surface area contributed by atoms with E-state index in [9.17, 15) is 4.79 Å². The first-order chi connectivity index (χ1) is 9.56. The fourth-order valence-electron chi connectivity index (χ4n) is 2.33. The monoisotopic (exact) mass is 268 g/mol. The van der Waals surface area contributed by atoms with Crippen LogP contribution in [0.3, 0.4) is 0 Å². The van der Waals surface area contributed by atoms with Gasteiger partial charge < -0.3 is 10.3 Å². The van der Waals surface area contributed by atoms with E-state index in [1.54, 1.807) is 27.5 Å². The van der Waals surface area contributed by atoms with E-state index in [1.165, 1.54) is 0 Å². The Morgan fingerprint density at radius 1 is 1.25 bits per heavy atom. The van der Waals surface area contributed by atoms with Crippen molar-refractivity contribution in [1.82, 2.24) is 14.2 Å². The van der Waals surface area contributed by atoms with Gasteiger partial charge in [0.25, 0.3) is 5.56 Å². The number of fused-ring (bicyclic) bond motifs is 1. The van der Waals surface area contributed by atoms with Gasteiger partial charge in [-0.2, -0.15) is 5.10 Å². The molecule has 0 spiro atoms. The largest absolute Gasteiger partial charge is 0.399 e. The first-order valence-corrected chi connectivity index (χ1v) is 6.45. The number of aromatic nitrogens is 3. The first-order valence-electron chi connectivity index (χ1n) is 6.45. The third-order valence-electron chi connectivity index (χ3n) is 3.55. The van der Waals surface area contributed by atoms with Gasteiger partial charge in [-0.1, -0.05) is 12.1 Å². The van der Waals surface area contributed by atoms with Gasteiger partial charge in [-0.25, -0.2) is 4.52 Å². The average molecular weight is 268 g/mol. The topological polar surface area (TPSA) is 65.3 Å². The molecule has 0 radical (unpaired) electrons. The molecule has 0 aliphatic heterocycles. The second kappa shape index (κ2) is 4.52. The first kappa shape index (κ1) is 12.5. The van der Waals surface area contributed by atoms with Crippen molar-refractivity contribution in [3.05, 3.63) is 63.8 Å². The van der Waals surface area contributed by atoms with E-state index in [4.69, 9.17) is 5.73 Å². The molecule has 0 saturated carbocycles. The van der Waals surface area contributed by atoms with Crippen LogP contribution in [0.2, 0.25) is 0 Å². The molecule has 102 valence electrons. The lowest BCUT2D eigenvalue weighted by Crippen LogP contribution is -2.22. The fourth-order valence-corrected chi connectivity index (χ4v) is 2.33. The molecule has 0 aliphatic rings. The molecule has 5 nitrogen and oxygen atoms in total. The summed E-state index contributed by atoms with van der Waals surface area (Å²) < 4.78 is 3.29. The predicted octanol–water partition coefficient (Wildman–Crippen LogP) is 1.74. The van der Waals surface area contributed by atoms with Crippen LogP contribution < -0.4 is 11.3 Å². The van der Waals surface area contributed by atoms with Crippen LogP contribution in [0.1, 0.15) is 16.8 Å². The van der Waals surface area contributed by atoms with Crippen LogP contribution in [0.5, 0.6) is 0 Å². The van der Waals surface area contributed by atoms with Crippen molar-refractivity contribution in [3.8, 4) is 0 Å². The number of nitrogens with zero attached hydrogens (tertiary/aromatic N) is 3. The smallest absolute Gasteiger partial charge is 0.276 e. The zero-order chi connectivity index (χ0) is 14.3. The molecule has 5 heteroatoms. The van der Waals surface area contributed by atoms with Crippen LogP contribution in [-0.2, 0) is 6.54 Å². The van der Waals surface area contributed by atoms with E-state index in [1.807, 2.05) is 32.0 Å². The molecule has 3 rings (SSSR count). The molecule has 2 N–H and O–H groups in total. The fraction of sp³-hybridized carbons (Fsp3) is 0.200. The number of anilines is 1. The number of benzene rings is 1. The summed E-state index contributed by atoms with van der Waals surface area (Å²) in [6.07, 6.45) is 3.55. The minimum Gasteiger partial charge on any atom is -0.399 e. The van der Waals surface area contributed by atoms with Gasteiger partial charge in [-0.3, -0.25) is 4.79 Å². The lowest BCUT2D eigenvalue weighted by atomic mass is 10.1. The van der Waals surface area contributed by atoms with Gasteiger partial charge >= 0.3 is 0 Å². The Morgan fingerprint density at radius 3 is 2.85 bits per heavy atom. The van der Waals surface area contributed by atoms with Crippen molar-refractivity contribution >= 4 is 11.2 Å². The van der Waals surface area contributed by atoms with Crippen molar-refractivity contribution in [2.75, 3.05) is 5.73 Å². The summed E-state index contributed by atoms with van der Waals surface area (Å²) in [7, 11) is 0. The normalized spacial score (nSPS) is 11.1. The second-order valence-electron chi connectivity index (χ2n) is 4.98. The van der Waals surface area contributed by atoms with Gasteiger partial charge in [-0.15, -0.1) is 0 Å². The van der Waals surface area contributed by atoms with E-state index in [0.717, 1.165) is 22.5 Å². The van der Waals surface area contributed by atoms with Crippen LogP contribution in [0, 0.1) is 13.8 Å². The molecule has 2 heterocycles. The zero-order valence-electron chi connectivity index (χ0n) is 11.5. The molecule has 0 fully saturated rings. The molecule has 0 atom stereocenters. The van der Waals surface area contributed by atoms with Crippen LogP contribution in [0.25, 0.3) is 5.52 Å². The van der Waals surface area contributed by atoms with Crippen LogP contribution in [0.15, 0.2) is 41.5 Å². The predicted molar refractivity (Wildman–Crippen MR) is 78.9 cm³/mol. The SMILES string of the molecule is Cc1cc2c(=O)n(Cc3cccc(N)c3C)ccn2n1. The van der Waals surface area contributed by atoms with Crippen molar-refractivity contribution in [3.63, 3.8) is 0 Å². The maximum Gasteiger partial charge on any atom is 0.276 e. The number of hydrogen-bond donors (Lipinski definition) is 1. The van der Waals surface area contributed by atoms with Crippen LogP contribution in [0.4, 0.5) is 5.69 Å². The number of rotatable bonds is 2. The number of aryl methyl sites for hydroxylation is 1. The molecular weight excluding hydrogens is 252 g/mol. The zero-order valence-corrected chi connectivity index (χ0v) is 11.5. The average Bonchev–Trinajstić information content (AvgIpc) is 2.80. The van der Waals surface area contributed by atoms with Gasteiger partial charge in [0.15, 0.2) is 0 Å². The van der Waals surface area contributed by atoms with E-state index in [-0.39, 0.29) is 5.56 Å². The lowest BCUT2D eigenvalue weighted by Gasteiger charge is -2.10. The molecule has 1 aromatic carbocycles. The van der Waals surface area contributed by atoms with Gasteiger partial charge in [-0.05, 0) is 37.1 Å². The number of nitrogens with two attached hydrogens (primary N) is 1. The van der Waals surface area contributed by atoms with E-state index in [0.29, 0.717) is 12.1 Å². The lowest BCUT2D eigenvalue weighted by molar-refractivity contribution is 0.739. The van der Waals surface area contributed by atoms with E-state index in [2.05, 4.69) is 5.10 Å². The molecule has 0 amide bonds. The third kappa shape index (κ3) is 1.97. The van der Waals surface area contributed by atoms with Gasteiger partial charge in [0.05, 0.1) is 12.2 Å². The summed E-state index contributed by atoms with van der Waals surface area (Å²) in [5.41, 5.74) is 10.1. The van der Waals surface area contributed by atoms with Crippen molar-refractivity contribution < 1.29 is 0 Å². The molecule has 0 bridgehead atoms. The Morgan fingerprint density at radius 2 is 2.05 bits per heavy atom. The van der Waals surface area contributed by atoms with Crippen LogP contribution >= 0.6 is 0 Å². The highest BCUT2D eigenvalue weighted by Crippen LogP contribution is 2.16. The standard InChI is InChI=1S/C15H16N4O/c1-10-8-14-15(20)18(6-7-19(14)17-10)9-12-4-3-5-13(16)11(12)2/h3-8H,9,16H2,1-2H3.